The zero-order chi connectivity index (χ0) is 21.5. The van der Waals surface area contributed by atoms with Crippen LogP contribution in [0.15, 0.2) is 41.4 Å². The average Bonchev–Trinajstić information content (AvgIpc) is 3.37. The number of nitrogens with zero attached hydrogens (tertiary/aromatic N) is 3. The number of carbonyl (C=O) groups is 1. The van der Waals surface area contributed by atoms with Crippen LogP contribution < -0.4 is 9.47 Å². The van der Waals surface area contributed by atoms with E-state index in [9.17, 15) is 4.79 Å². The van der Waals surface area contributed by atoms with Gasteiger partial charge in [-0.2, -0.15) is 0 Å². The number of fused-ring (bicyclic) bond motifs is 2. The number of benzene rings is 2. The summed E-state index contributed by atoms with van der Waals surface area (Å²) < 4.78 is 11.9. The van der Waals surface area contributed by atoms with Gasteiger partial charge in [-0.3, -0.25) is 4.79 Å². The molecule has 5 rings (SSSR count). The van der Waals surface area contributed by atoms with Crippen LogP contribution in [0.4, 0.5) is 0 Å². The van der Waals surface area contributed by atoms with E-state index in [2.05, 4.69) is 15.2 Å². The van der Waals surface area contributed by atoms with E-state index in [1.807, 2.05) is 57.2 Å². The molecular formula is C23H19N3O3S2. The van der Waals surface area contributed by atoms with E-state index in [-0.39, 0.29) is 18.3 Å². The number of ether oxygens (including phenoxy) is 2. The van der Waals surface area contributed by atoms with Gasteiger partial charge in [0.25, 0.3) is 0 Å². The van der Waals surface area contributed by atoms with Gasteiger partial charge in [-0.15, -0.1) is 21.5 Å². The first-order valence-corrected chi connectivity index (χ1v) is 11.6. The van der Waals surface area contributed by atoms with Gasteiger partial charge in [-0.1, -0.05) is 35.5 Å². The largest absolute Gasteiger partial charge is 0.454 e. The van der Waals surface area contributed by atoms with Gasteiger partial charge in [0, 0.05) is 11.1 Å². The lowest BCUT2D eigenvalue weighted by atomic mass is 10.0. The number of thiazole rings is 1. The maximum atomic E-state index is 12.8. The van der Waals surface area contributed by atoms with Crippen molar-refractivity contribution in [3.63, 3.8) is 0 Å². The molecule has 31 heavy (non-hydrogen) atoms. The number of aryl methyl sites for hydroxylation is 3. The minimum Gasteiger partial charge on any atom is -0.454 e. The van der Waals surface area contributed by atoms with Crippen LogP contribution in [-0.2, 0) is 0 Å². The molecule has 4 aromatic rings. The lowest BCUT2D eigenvalue weighted by molar-refractivity contribution is 0.102. The molecule has 1 aliphatic rings. The molecule has 0 amide bonds. The Morgan fingerprint density at radius 1 is 1.06 bits per heavy atom. The van der Waals surface area contributed by atoms with E-state index in [1.165, 1.54) is 11.8 Å². The van der Waals surface area contributed by atoms with Crippen molar-refractivity contribution >= 4 is 39.1 Å². The van der Waals surface area contributed by atoms with Crippen molar-refractivity contribution in [2.24, 2.45) is 0 Å². The molecule has 1 aliphatic heterocycles. The van der Waals surface area contributed by atoms with Crippen LogP contribution in [0, 0.1) is 20.8 Å². The molecule has 0 aliphatic carbocycles. The molecule has 0 saturated heterocycles. The van der Waals surface area contributed by atoms with E-state index < -0.39 is 0 Å². The molecular weight excluding hydrogens is 430 g/mol. The predicted molar refractivity (Wildman–Crippen MR) is 122 cm³/mol. The lowest BCUT2D eigenvalue weighted by Gasteiger charge is -2.07. The van der Waals surface area contributed by atoms with Gasteiger partial charge >= 0.3 is 0 Å². The van der Waals surface area contributed by atoms with E-state index in [1.54, 1.807) is 11.3 Å². The summed E-state index contributed by atoms with van der Waals surface area (Å²) in [6.45, 7) is 6.18. The summed E-state index contributed by atoms with van der Waals surface area (Å²) in [4.78, 5) is 17.5. The highest BCUT2D eigenvalue weighted by Crippen LogP contribution is 2.40. The average molecular weight is 450 g/mol. The van der Waals surface area contributed by atoms with Crippen LogP contribution in [0.2, 0.25) is 0 Å². The summed E-state index contributed by atoms with van der Waals surface area (Å²) in [5.74, 6) is 1.79. The van der Waals surface area contributed by atoms with Gasteiger partial charge in [0.2, 0.25) is 6.79 Å². The van der Waals surface area contributed by atoms with E-state index >= 15 is 0 Å². The third kappa shape index (κ3) is 3.77. The Hall–Kier alpha value is -2.97. The summed E-state index contributed by atoms with van der Waals surface area (Å²) in [7, 11) is 0. The van der Waals surface area contributed by atoms with Crippen LogP contribution >= 0.6 is 23.1 Å². The van der Waals surface area contributed by atoms with Gasteiger partial charge in [-0.05, 0) is 44.5 Å². The molecule has 0 bridgehead atoms. The van der Waals surface area contributed by atoms with Crippen LogP contribution in [0.3, 0.4) is 0 Å². The van der Waals surface area contributed by atoms with Crippen LogP contribution in [-0.4, -0.2) is 33.5 Å². The molecule has 6 nitrogen and oxygen atoms in total. The van der Waals surface area contributed by atoms with Gasteiger partial charge in [0.1, 0.15) is 16.2 Å². The minimum absolute atomic E-state index is 0.0734. The molecule has 0 saturated carbocycles. The zero-order valence-electron chi connectivity index (χ0n) is 17.3. The minimum atomic E-state index is 0.0734. The summed E-state index contributed by atoms with van der Waals surface area (Å²) >= 11 is 2.95. The zero-order valence-corrected chi connectivity index (χ0v) is 18.9. The monoisotopic (exact) mass is 449 g/mol. The summed E-state index contributed by atoms with van der Waals surface area (Å²) in [6, 6.07) is 11.6. The second-order valence-electron chi connectivity index (χ2n) is 7.36. The second-order valence-corrected chi connectivity index (χ2v) is 9.53. The van der Waals surface area contributed by atoms with E-state index in [0.29, 0.717) is 10.8 Å². The normalized spacial score (nSPS) is 12.5. The topological polar surface area (TPSA) is 74.2 Å². The smallest absolute Gasteiger partial charge is 0.231 e. The highest BCUT2D eigenvalue weighted by molar-refractivity contribution is 8.00. The first kappa shape index (κ1) is 20.0. The Balaban J connectivity index is 1.45. The Morgan fingerprint density at radius 2 is 1.90 bits per heavy atom. The predicted octanol–water partition coefficient (Wildman–Crippen LogP) is 5.38. The Labute approximate surface area is 187 Å². The van der Waals surface area contributed by atoms with Gasteiger partial charge < -0.3 is 9.47 Å². The molecule has 0 N–H and O–H groups in total. The van der Waals surface area contributed by atoms with Crippen LogP contribution in [0.5, 0.6) is 11.5 Å². The third-order valence-electron chi connectivity index (χ3n) is 5.06. The molecule has 2 aromatic heterocycles. The molecule has 2 aromatic carbocycles. The Bertz CT molecular complexity index is 1330. The van der Waals surface area contributed by atoms with Gasteiger partial charge in [0.15, 0.2) is 17.3 Å². The summed E-state index contributed by atoms with van der Waals surface area (Å²) in [5.41, 5.74) is 5.31. The first-order valence-electron chi connectivity index (χ1n) is 9.76. The molecule has 0 fully saturated rings. The van der Waals surface area contributed by atoms with Gasteiger partial charge in [-0.25, -0.2) is 4.98 Å². The number of thioether (sulfide) groups is 1. The lowest BCUT2D eigenvalue weighted by Crippen LogP contribution is -2.05. The maximum Gasteiger partial charge on any atom is 0.231 e. The van der Waals surface area contributed by atoms with Crippen molar-refractivity contribution in [2.75, 3.05) is 12.5 Å². The van der Waals surface area contributed by atoms with Crippen molar-refractivity contribution in [1.82, 2.24) is 15.2 Å². The highest BCUT2D eigenvalue weighted by atomic mass is 32.2. The number of hydrogen-bond donors (Lipinski definition) is 0. The quantitative estimate of drug-likeness (QED) is 0.299. The number of rotatable bonds is 5. The Kier molecular flexibility index (Phi) is 5.11. The molecule has 0 spiro atoms. The molecule has 0 radical (unpaired) electrons. The van der Waals surface area contributed by atoms with E-state index in [4.69, 9.17) is 9.47 Å². The second kappa shape index (κ2) is 7.94. The molecule has 8 heteroatoms. The molecule has 0 atom stereocenters. The van der Waals surface area contributed by atoms with Crippen molar-refractivity contribution in [3.05, 3.63) is 58.1 Å². The van der Waals surface area contributed by atoms with Crippen molar-refractivity contribution in [1.29, 1.82) is 0 Å². The molecule has 3 heterocycles. The highest BCUT2D eigenvalue weighted by Gasteiger charge is 2.20. The summed E-state index contributed by atoms with van der Waals surface area (Å²) in [5, 5.41) is 10.5. The van der Waals surface area contributed by atoms with Crippen molar-refractivity contribution in [3.8, 4) is 22.8 Å². The number of aromatic nitrogens is 3. The van der Waals surface area contributed by atoms with Gasteiger partial charge in [0.05, 0.1) is 15.5 Å². The summed E-state index contributed by atoms with van der Waals surface area (Å²) in [6.07, 6.45) is 0. The first-order chi connectivity index (χ1) is 15.0. The maximum absolute atomic E-state index is 12.8. The Morgan fingerprint density at radius 3 is 2.74 bits per heavy atom. The molecule has 0 unspecified atom stereocenters. The number of ketones is 1. The van der Waals surface area contributed by atoms with Crippen molar-refractivity contribution in [2.45, 2.75) is 25.8 Å². The van der Waals surface area contributed by atoms with E-state index in [0.717, 1.165) is 48.9 Å². The molecule has 156 valence electrons. The number of Topliss-reactive ketones (excluding diaryl/α,β-unsaturated/α-hetero) is 1. The third-order valence-corrected chi connectivity index (χ3v) is 6.99. The number of carbonyl (C=O) groups excluding carboxylic acids is 1. The fourth-order valence-corrected chi connectivity index (χ4v) is 5.39. The fourth-order valence-electron chi connectivity index (χ4n) is 3.59. The van der Waals surface area contributed by atoms with Crippen molar-refractivity contribution < 1.29 is 14.3 Å². The number of hydrogen-bond acceptors (Lipinski definition) is 8. The fraction of sp³-hybridized carbons (Fsp3) is 0.217. The standard InChI is InChI=1S/C23H19N3O3S2/c1-12-4-6-16(13(2)8-12)17(27)10-30-23-21-22(31-14(3)24-21)20(25-26-23)15-5-7-18-19(9-15)29-11-28-18/h4-9H,10-11H2,1-3H3. The SMILES string of the molecule is Cc1ccc(C(=O)CSc2nnc(-c3ccc4c(c3)OCO4)c3sc(C)nc23)c(C)c1. The van der Waals surface area contributed by atoms with Crippen LogP contribution in [0.1, 0.15) is 26.5 Å². The van der Waals surface area contributed by atoms with Crippen LogP contribution in [0.25, 0.3) is 21.5 Å².